The number of rotatable bonds is 5. The Hall–Kier alpha value is -2.51. The highest BCUT2D eigenvalue weighted by atomic mass is 16.1. The summed E-state index contributed by atoms with van der Waals surface area (Å²) in [5.74, 6) is 0. The van der Waals surface area contributed by atoms with Gasteiger partial charge in [0, 0.05) is 18.8 Å². The Morgan fingerprint density at radius 2 is 2.37 bits per heavy atom. The first-order chi connectivity index (χ1) is 9.33. The number of allylic oxidation sites excluding steroid dienone is 5. The Labute approximate surface area is 112 Å². The largest absolute Gasteiger partial charge is 0.296 e. The molecule has 0 fully saturated rings. The van der Waals surface area contributed by atoms with Crippen molar-refractivity contribution >= 4 is 18.1 Å². The smallest absolute Gasteiger partial charge is 0.168 e. The van der Waals surface area contributed by atoms with Crippen molar-refractivity contribution in [2.24, 2.45) is 4.99 Å². The second-order valence-corrected chi connectivity index (χ2v) is 4.04. The van der Waals surface area contributed by atoms with Crippen LogP contribution >= 0.6 is 0 Å². The fraction of sp³-hybridized carbons (Fsp3) is 0.125. The van der Waals surface area contributed by atoms with Crippen LogP contribution in [0.25, 0.3) is 5.57 Å². The molecule has 19 heavy (non-hydrogen) atoms. The van der Waals surface area contributed by atoms with Gasteiger partial charge >= 0.3 is 0 Å². The lowest BCUT2D eigenvalue weighted by molar-refractivity contribution is 0.111. The van der Waals surface area contributed by atoms with Crippen LogP contribution in [0.15, 0.2) is 58.8 Å². The van der Waals surface area contributed by atoms with Gasteiger partial charge in [0.25, 0.3) is 0 Å². The van der Waals surface area contributed by atoms with Gasteiger partial charge in [-0.15, -0.1) is 5.73 Å². The van der Waals surface area contributed by atoms with Crippen molar-refractivity contribution in [3.63, 3.8) is 0 Å². The molecule has 1 aromatic heterocycles. The van der Waals surface area contributed by atoms with E-state index in [9.17, 15) is 4.79 Å². The number of aromatic nitrogens is 1. The van der Waals surface area contributed by atoms with E-state index >= 15 is 0 Å². The molecule has 0 atom stereocenters. The normalized spacial score (nSPS) is 14.2. The lowest BCUT2D eigenvalue weighted by atomic mass is 10.1. The Kier molecular flexibility index (Phi) is 4.38. The van der Waals surface area contributed by atoms with Crippen LogP contribution in [0.5, 0.6) is 0 Å². The predicted octanol–water partition coefficient (Wildman–Crippen LogP) is 3.02. The summed E-state index contributed by atoms with van der Waals surface area (Å²) in [5, 5.41) is 0. The first-order valence-electron chi connectivity index (χ1n) is 6.00. The number of hydrogen-bond donors (Lipinski definition) is 0. The van der Waals surface area contributed by atoms with Gasteiger partial charge in [-0.3, -0.25) is 9.79 Å². The third-order valence-corrected chi connectivity index (χ3v) is 2.68. The van der Waals surface area contributed by atoms with Crippen molar-refractivity contribution in [3.05, 3.63) is 65.2 Å². The van der Waals surface area contributed by atoms with Crippen LogP contribution in [0.1, 0.15) is 22.6 Å². The van der Waals surface area contributed by atoms with Gasteiger partial charge in [-0.05, 0) is 36.3 Å². The van der Waals surface area contributed by atoms with Gasteiger partial charge in [0.1, 0.15) is 5.69 Å². The maximum absolute atomic E-state index is 10.8. The molecule has 3 nitrogen and oxygen atoms in total. The quantitative estimate of drug-likeness (QED) is 0.458. The maximum Gasteiger partial charge on any atom is 0.168 e. The Bertz CT molecular complexity index is 630. The van der Waals surface area contributed by atoms with E-state index in [-0.39, 0.29) is 0 Å². The molecule has 1 aromatic rings. The summed E-state index contributed by atoms with van der Waals surface area (Å²) in [7, 11) is 1.72. The second kappa shape index (κ2) is 6.43. The Morgan fingerprint density at radius 3 is 3.05 bits per heavy atom. The van der Waals surface area contributed by atoms with Crippen molar-refractivity contribution in [1.82, 2.24) is 4.98 Å². The summed E-state index contributed by atoms with van der Waals surface area (Å²) in [6.07, 6.45) is 11.2. The van der Waals surface area contributed by atoms with Crippen LogP contribution in [0, 0.1) is 0 Å². The zero-order valence-electron chi connectivity index (χ0n) is 10.7. The minimum Gasteiger partial charge on any atom is -0.296 e. The van der Waals surface area contributed by atoms with Crippen LogP contribution in [-0.4, -0.2) is 24.5 Å². The Balaban J connectivity index is 2.25. The molecule has 0 saturated carbocycles. The van der Waals surface area contributed by atoms with Gasteiger partial charge in [-0.1, -0.05) is 18.2 Å². The molecule has 3 heteroatoms. The highest BCUT2D eigenvalue weighted by molar-refractivity contribution is 6.09. The molecule has 0 aliphatic heterocycles. The van der Waals surface area contributed by atoms with Crippen molar-refractivity contribution in [2.75, 3.05) is 7.05 Å². The molecule has 2 rings (SSSR count). The van der Waals surface area contributed by atoms with E-state index in [0.29, 0.717) is 5.69 Å². The molecule has 0 radical (unpaired) electrons. The molecule has 0 amide bonds. The molecule has 0 unspecified atom stereocenters. The van der Waals surface area contributed by atoms with Crippen molar-refractivity contribution < 1.29 is 4.79 Å². The molecule has 0 aromatic carbocycles. The number of pyridine rings is 1. The molecule has 0 N–H and O–H groups in total. The third-order valence-electron chi connectivity index (χ3n) is 2.68. The van der Waals surface area contributed by atoms with Gasteiger partial charge in [-0.25, -0.2) is 4.98 Å². The lowest BCUT2D eigenvalue weighted by Crippen LogP contribution is -1.95. The SMILES string of the molecule is CN=C/C(=C\CC1=CC=C=C1)c1cccc(C=O)n1. The first kappa shape index (κ1) is 12.9. The van der Waals surface area contributed by atoms with Crippen molar-refractivity contribution in [2.45, 2.75) is 6.42 Å². The maximum atomic E-state index is 10.8. The zero-order valence-corrected chi connectivity index (χ0v) is 10.7. The van der Waals surface area contributed by atoms with E-state index in [1.807, 2.05) is 36.4 Å². The molecule has 0 saturated heterocycles. The summed E-state index contributed by atoms with van der Waals surface area (Å²) >= 11 is 0. The summed E-state index contributed by atoms with van der Waals surface area (Å²) < 4.78 is 0. The van der Waals surface area contributed by atoms with E-state index in [1.165, 1.54) is 5.57 Å². The van der Waals surface area contributed by atoms with Crippen LogP contribution < -0.4 is 0 Å². The lowest BCUT2D eigenvalue weighted by Gasteiger charge is -2.02. The fourth-order valence-corrected chi connectivity index (χ4v) is 1.75. The topological polar surface area (TPSA) is 42.3 Å². The second-order valence-electron chi connectivity index (χ2n) is 4.04. The summed E-state index contributed by atoms with van der Waals surface area (Å²) in [4.78, 5) is 19.1. The van der Waals surface area contributed by atoms with Gasteiger partial charge < -0.3 is 0 Å². The number of carbonyl (C=O) groups is 1. The molecular weight excluding hydrogens is 236 g/mol. The van der Waals surface area contributed by atoms with Crippen LogP contribution in [0.4, 0.5) is 0 Å². The summed E-state index contributed by atoms with van der Waals surface area (Å²) in [6, 6.07) is 5.38. The van der Waals surface area contributed by atoms with Crippen molar-refractivity contribution in [3.8, 4) is 0 Å². The van der Waals surface area contributed by atoms with E-state index < -0.39 is 0 Å². The summed E-state index contributed by atoms with van der Waals surface area (Å²) in [6.45, 7) is 0. The number of aldehydes is 1. The Morgan fingerprint density at radius 1 is 1.47 bits per heavy atom. The molecule has 0 bridgehead atoms. The summed E-state index contributed by atoms with van der Waals surface area (Å²) in [5.41, 5.74) is 6.30. The highest BCUT2D eigenvalue weighted by Crippen LogP contribution is 2.15. The predicted molar refractivity (Wildman–Crippen MR) is 77.4 cm³/mol. The molecule has 1 aliphatic rings. The average molecular weight is 250 g/mol. The number of nitrogens with zero attached hydrogens (tertiary/aromatic N) is 2. The van der Waals surface area contributed by atoms with Crippen molar-refractivity contribution in [1.29, 1.82) is 0 Å². The monoisotopic (exact) mass is 250 g/mol. The minimum atomic E-state index is 0.426. The van der Waals surface area contributed by atoms with Gasteiger partial charge in [0.15, 0.2) is 6.29 Å². The first-order valence-corrected chi connectivity index (χ1v) is 6.00. The fourth-order valence-electron chi connectivity index (χ4n) is 1.75. The van der Waals surface area contributed by atoms with Crippen LogP contribution in [0.2, 0.25) is 0 Å². The van der Waals surface area contributed by atoms with Gasteiger partial charge in [0.2, 0.25) is 0 Å². The molecule has 1 aliphatic carbocycles. The van der Waals surface area contributed by atoms with E-state index in [0.717, 1.165) is 24.0 Å². The minimum absolute atomic E-state index is 0.426. The van der Waals surface area contributed by atoms with Gasteiger partial charge in [-0.2, -0.15) is 0 Å². The zero-order chi connectivity index (χ0) is 13.5. The number of carbonyl (C=O) groups excluding carboxylic acids is 1. The molecular formula is C16H14N2O. The molecule has 0 spiro atoms. The van der Waals surface area contributed by atoms with E-state index in [1.54, 1.807) is 19.3 Å². The van der Waals surface area contributed by atoms with Crippen LogP contribution in [-0.2, 0) is 0 Å². The molecule has 1 heterocycles. The number of aliphatic imine (C=N–C) groups is 1. The average Bonchev–Trinajstić information content (AvgIpc) is 2.97. The molecule has 94 valence electrons. The van der Waals surface area contributed by atoms with E-state index in [2.05, 4.69) is 15.7 Å². The van der Waals surface area contributed by atoms with Crippen LogP contribution in [0.3, 0.4) is 0 Å². The highest BCUT2D eigenvalue weighted by Gasteiger charge is 2.02. The van der Waals surface area contributed by atoms with E-state index in [4.69, 9.17) is 0 Å². The van der Waals surface area contributed by atoms with Gasteiger partial charge in [0.05, 0.1) is 5.69 Å². The number of hydrogen-bond acceptors (Lipinski definition) is 3. The standard InChI is InChI=1S/C16H14N2O/c1-17-11-14(10-9-13-5-2-3-6-13)16-8-4-7-15(12-19)18-16/h2,4-8,10-12H,9H2,1H3/b14-10+,17-11?. The third kappa shape index (κ3) is 3.47.